The standard InChI is InChI=1S/C13H11N3OS/c14-13(18)16-11-3-1-9(2-4-11)12(17)10-5-7-15-8-6-10/h1-8H,(H3,14,16,18). The van der Waals surface area contributed by atoms with E-state index in [1.165, 1.54) is 0 Å². The predicted molar refractivity (Wildman–Crippen MR) is 74.5 cm³/mol. The normalized spacial score (nSPS) is 9.78. The number of aromatic nitrogens is 1. The smallest absolute Gasteiger partial charge is 0.193 e. The van der Waals surface area contributed by atoms with E-state index in [1.807, 2.05) is 0 Å². The van der Waals surface area contributed by atoms with Gasteiger partial charge in [-0.1, -0.05) is 0 Å². The fourth-order valence-corrected chi connectivity index (χ4v) is 1.64. The number of carbonyl (C=O) groups is 1. The maximum absolute atomic E-state index is 12.1. The molecular weight excluding hydrogens is 246 g/mol. The quantitative estimate of drug-likeness (QED) is 0.650. The fraction of sp³-hybridized carbons (Fsp3) is 0. The molecular formula is C13H11N3OS. The summed E-state index contributed by atoms with van der Waals surface area (Å²) >= 11 is 4.73. The molecule has 0 aliphatic carbocycles. The Kier molecular flexibility index (Phi) is 3.64. The Hall–Kier alpha value is -2.27. The molecule has 0 spiro atoms. The maximum Gasteiger partial charge on any atom is 0.193 e. The number of carbonyl (C=O) groups excluding carboxylic acids is 1. The number of anilines is 1. The van der Waals surface area contributed by atoms with Crippen molar-refractivity contribution in [3.8, 4) is 0 Å². The van der Waals surface area contributed by atoms with Crippen molar-refractivity contribution in [2.24, 2.45) is 5.73 Å². The van der Waals surface area contributed by atoms with Crippen LogP contribution in [0.5, 0.6) is 0 Å². The SMILES string of the molecule is NC(=S)Nc1ccc(C(=O)c2ccncc2)cc1. The van der Waals surface area contributed by atoms with Gasteiger partial charge in [0.25, 0.3) is 0 Å². The molecule has 4 nitrogen and oxygen atoms in total. The van der Waals surface area contributed by atoms with Gasteiger partial charge in [0, 0.05) is 29.2 Å². The zero-order valence-electron chi connectivity index (χ0n) is 9.46. The van der Waals surface area contributed by atoms with Crippen LogP contribution in [0.2, 0.25) is 0 Å². The average molecular weight is 257 g/mol. The number of thiocarbonyl (C=S) groups is 1. The molecule has 0 aliphatic heterocycles. The van der Waals surface area contributed by atoms with Crippen LogP contribution in [0.3, 0.4) is 0 Å². The van der Waals surface area contributed by atoms with Crippen LogP contribution in [0.4, 0.5) is 5.69 Å². The maximum atomic E-state index is 12.1. The first-order valence-corrected chi connectivity index (χ1v) is 5.69. The van der Waals surface area contributed by atoms with Crippen molar-refractivity contribution in [1.82, 2.24) is 4.98 Å². The molecule has 1 aromatic heterocycles. The van der Waals surface area contributed by atoms with Crippen LogP contribution in [0.25, 0.3) is 0 Å². The molecule has 90 valence electrons. The van der Waals surface area contributed by atoms with E-state index in [2.05, 4.69) is 10.3 Å². The fourth-order valence-electron chi connectivity index (χ4n) is 1.52. The summed E-state index contributed by atoms with van der Waals surface area (Å²) in [5.41, 5.74) is 7.34. The number of hydrogen-bond donors (Lipinski definition) is 2. The third-order valence-corrected chi connectivity index (χ3v) is 2.46. The number of nitrogens with zero attached hydrogens (tertiary/aromatic N) is 1. The van der Waals surface area contributed by atoms with Gasteiger partial charge in [0.2, 0.25) is 0 Å². The highest BCUT2D eigenvalue weighted by molar-refractivity contribution is 7.80. The molecule has 0 bridgehead atoms. The summed E-state index contributed by atoms with van der Waals surface area (Å²) in [7, 11) is 0. The van der Waals surface area contributed by atoms with E-state index in [9.17, 15) is 4.79 Å². The number of nitrogens with one attached hydrogen (secondary N) is 1. The van der Waals surface area contributed by atoms with Crippen LogP contribution in [0.15, 0.2) is 48.8 Å². The van der Waals surface area contributed by atoms with Gasteiger partial charge in [0.05, 0.1) is 0 Å². The molecule has 0 aliphatic rings. The first kappa shape index (κ1) is 12.2. The van der Waals surface area contributed by atoms with E-state index in [0.717, 1.165) is 5.69 Å². The minimum Gasteiger partial charge on any atom is -0.376 e. The second-order valence-corrected chi connectivity index (χ2v) is 4.07. The molecule has 0 saturated heterocycles. The Balaban J connectivity index is 2.20. The second kappa shape index (κ2) is 5.37. The largest absolute Gasteiger partial charge is 0.376 e. The number of rotatable bonds is 3. The highest BCUT2D eigenvalue weighted by atomic mass is 32.1. The van der Waals surface area contributed by atoms with Crippen molar-refractivity contribution in [2.75, 3.05) is 5.32 Å². The molecule has 0 atom stereocenters. The zero-order chi connectivity index (χ0) is 13.0. The number of ketones is 1. The Labute approximate surface area is 110 Å². The van der Waals surface area contributed by atoms with Gasteiger partial charge in [0.15, 0.2) is 10.9 Å². The average Bonchev–Trinajstić information content (AvgIpc) is 2.39. The first-order valence-electron chi connectivity index (χ1n) is 5.28. The van der Waals surface area contributed by atoms with Crippen molar-refractivity contribution >= 4 is 28.8 Å². The zero-order valence-corrected chi connectivity index (χ0v) is 10.3. The van der Waals surface area contributed by atoms with E-state index >= 15 is 0 Å². The van der Waals surface area contributed by atoms with Crippen LogP contribution in [0.1, 0.15) is 15.9 Å². The molecule has 2 rings (SSSR count). The Morgan fingerprint density at radius 2 is 1.61 bits per heavy atom. The minimum absolute atomic E-state index is 0.0423. The van der Waals surface area contributed by atoms with E-state index in [4.69, 9.17) is 18.0 Å². The highest BCUT2D eigenvalue weighted by Gasteiger charge is 2.08. The third-order valence-electron chi connectivity index (χ3n) is 2.36. The molecule has 0 unspecified atom stereocenters. The second-order valence-electron chi connectivity index (χ2n) is 3.63. The summed E-state index contributed by atoms with van der Waals surface area (Å²) < 4.78 is 0. The van der Waals surface area contributed by atoms with Crippen LogP contribution in [-0.4, -0.2) is 15.9 Å². The van der Waals surface area contributed by atoms with Crippen molar-refractivity contribution in [3.63, 3.8) is 0 Å². The van der Waals surface area contributed by atoms with E-state index in [0.29, 0.717) is 11.1 Å². The van der Waals surface area contributed by atoms with Crippen molar-refractivity contribution in [1.29, 1.82) is 0 Å². The number of nitrogens with two attached hydrogens (primary N) is 1. The van der Waals surface area contributed by atoms with Crippen molar-refractivity contribution in [2.45, 2.75) is 0 Å². The van der Waals surface area contributed by atoms with E-state index in [-0.39, 0.29) is 10.9 Å². The van der Waals surface area contributed by atoms with Gasteiger partial charge in [-0.15, -0.1) is 0 Å². The molecule has 18 heavy (non-hydrogen) atoms. The lowest BCUT2D eigenvalue weighted by molar-refractivity contribution is 0.103. The number of benzene rings is 1. The van der Waals surface area contributed by atoms with Gasteiger partial charge in [-0.2, -0.15) is 0 Å². The topological polar surface area (TPSA) is 68.0 Å². The van der Waals surface area contributed by atoms with Crippen LogP contribution in [-0.2, 0) is 0 Å². The summed E-state index contributed by atoms with van der Waals surface area (Å²) in [6, 6.07) is 10.3. The third kappa shape index (κ3) is 2.89. The highest BCUT2D eigenvalue weighted by Crippen LogP contribution is 2.13. The van der Waals surface area contributed by atoms with Gasteiger partial charge >= 0.3 is 0 Å². The van der Waals surface area contributed by atoms with Crippen molar-refractivity contribution < 1.29 is 4.79 Å². The summed E-state index contributed by atoms with van der Waals surface area (Å²) in [6.45, 7) is 0. The number of hydrogen-bond acceptors (Lipinski definition) is 3. The Morgan fingerprint density at radius 3 is 2.17 bits per heavy atom. The Morgan fingerprint density at radius 1 is 1.06 bits per heavy atom. The van der Waals surface area contributed by atoms with E-state index < -0.39 is 0 Å². The monoisotopic (exact) mass is 257 g/mol. The molecule has 0 saturated carbocycles. The molecule has 0 fully saturated rings. The summed E-state index contributed by atoms with van der Waals surface area (Å²) in [5, 5.41) is 3.00. The van der Waals surface area contributed by atoms with Crippen molar-refractivity contribution in [3.05, 3.63) is 59.9 Å². The van der Waals surface area contributed by atoms with Crippen LogP contribution >= 0.6 is 12.2 Å². The summed E-state index contributed by atoms with van der Waals surface area (Å²) in [6.07, 6.45) is 3.19. The van der Waals surface area contributed by atoms with Gasteiger partial charge in [-0.3, -0.25) is 9.78 Å². The molecule has 1 heterocycles. The van der Waals surface area contributed by atoms with E-state index in [1.54, 1.807) is 48.8 Å². The minimum atomic E-state index is -0.0423. The molecule has 3 N–H and O–H groups in total. The predicted octanol–water partition coefficient (Wildman–Crippen LogP) is 1.97. The lowest BCUT2D eigenvalue weighted by Gasteiger charge is -2.05. The molecule has 0 amide bonds. The van der Waals surface area contributed by atoms with Crippen LogP contribution < -0.4 is 11.1 Å². The van der Waals surface area contributed by atoms with Gasteiger partial charge in [0.1, 0.15) is 0 Å². The van der Waals surface area contributed by atoms with Gasteiger partial charge < -0.3 is 11.1 Å². The van der Waals surface area contributed by atoms with Gasteiger partial charge in [-0.05, 0) is 48.6 Å². The lowest BCUT2D eigenvalue weighted by Crippen LogP contribution is -2.18. The lowest BCUT2D eigenvalue weighted by atomic mass is 10.0. The summed E-state index contributed by atoms with van der Waals surface area (Å²) in [5.74, 6) is -0.0423. The van der Waals surface area contributed by atoms with Gasteiger partial charge in [-0.25, -0.2) is 0 Å². The van der Waals surface area contributed by atoms with Crippen LogP contribution in [0, 0.1) is 0 Å². The summed E-state index contributed by atoms with van der Waals surface area (Å²) in [4.78, 5) is 16.0. The molecule has 0 radical (unpaired) electrons. The number of pyridine rings is 1. The molecule has 5 heteroatoms. The first-order chi connectivity index (χ1) is 8.66. The molecule has 2 aromatic rings. The molecule has 1 aromatic carbocycles. The Bertz CT molecular complexity index is 567.